The molecule has 0 unspecified atom stereocenters. The van der Waals surface area contributed by atoms with Gasteiger partial charge in [-0.2, -0.15) is 13.2 Å². The van der Waals surface area contributed by atoms with E-state index in [0.717, 1.165) is 5.56 Å². The average molecular weight is 234 g/mol. The van der Waals surface area contributed by atoms with Crippen LogP contribution in [0.4, 0.5) is 13.2 Å². The van der Waals surface area contributed by atoms with Crippen molar-refractivity contribution in [3.63, 3.8) is 0 Å². The minimum atomic E-state index is -4.11. The first kappa shape index (κ1) is 12.4. The third-order valence-electron chi connectivity index (χ3n) is 2.02. The van der Waals surface area contributed by atoms with Gasteiger partial charge in [0.2, 0.25) is 0 Å². The quantitative estimate of drug-likeness (QED) is 0.750. The van der Waals surface area contributed by atoms with Gasteiger partial charge in [-0.25, -0.2) is 0 Å². The molecule has 0 heterocycles. The van der Waals surface area contributed by atoms with Gasteiger partial charge >= 0.3 is 5.51 Å². The molecule has 0 N–H and O–H groups in total. The largest absolute Gasteiger partial charge is 0.442 e. The zero-order chi connectivity index (χ0) is 11.3. The van der Waals surface area contributed by atoms with Crippen molar-refractivity contribution in [3.05, 3.63) is 35.9 Å². The molecule has 0 radical (unpaired) electrons. The molecule has 0 aliphatic heterocycles. The van der Waals surface area contributed by atoms with E-state index in [2.05, 4.69) is 0 Å². The normalized spacial score (nSPS) is 13.9. The molecule has 0 saturated carbocycles. The van der Waals surface area contributed by atoms with E-state index < -0.39 is 5.51 Å². The number of halogens is 3. The summed E-state index contributed by atoms with van der Waals surface area (Å²) in [5.41, 5.74) is -3.03. The molecule has 1 aromatic carbocycles. The molecular formula is C11H13F3S. The second-order valence-electron chi connectivity index (χ2n) is 3.40. The third kappa shape index (κ3) is 5.72. The van der Waals surface area contributed by atoms with Crippen LogP contribution in [0.15, 0.2) is 30.3 Å². The predicted molar refractivity (Wildman–Crippen MR) is 57.9 cm³/mol. The molecule has 0 spiro atoms. The van der Waals surface area contributed by atoms with Crippen LogP contribution < -0.4 is 0 Å². The van der Waals surface area contributed by atoms with Gasteiger partial charge in [-0.05, 0) is 30.2 Å². The molecule has 0 saturated heterocycles. The first-order valence-electron chi connectivity index (χ1n) is 4.76. The Balaban J connectivity index is 2.32. The van der Waals surface area contributed by atoms with Crippen molar-refractivity contribution in [1.29, 1.82) is 0 Å². The zero-order valence-corrected chi connectivity index (χ0v) is 9.24. The smallest absolute Gasteiger partial charge is 0.160 e. The topological polar surface area (TPSA) is 0 Å². The molecule has 1 atom stereocenters. The molecule has 0 nitrogen and oxygen atoms in total. The lowest BCUT2D eigenvalue weighted by atomic mass is 10.1. The second kappa shape index (κ2) is 5.45. The molecule has 0 amide bonds. The Morgan fingerprint density at radius 3 is 2.33 bits per heavy atom. The first-order chi connectivity index (χ1) is 6.97. The summed E-state index contributed by atoms with van der Waals surface area (Å²) in [5, 5.41) is -0.384. The van der Waals surface area contributed by atoms with E-state index in [4.69, 9.17) is 0 Å². The van der Waals surface area contributed by atoms with Crippen LogP contribution in [0, 0.1) is 0 Å². The van der Waals surface area contributed by atoms with Crippen molar-refractivity contribution in [3.8, 4) is 0 Å². The fourth-order valence-electron chi connectivity index (χ4n) is 1.30. The van der Waals surface area contributed by atoms with Gasteiger partial charge in [0.1, 0.15) is 0 Å². The lowest BCUT2D eigenvalue weighted by molar-refractivity contribution is -0.0333. The lowest BCUT2D eigenvalue weighted by Crippen LogP contribution is -2.09. The Hall–Kier alpha value is -0.640. The number of hydrogen-bond acceptors (Lipinski definition) is 1. The molecule has 1 aromatic rings. The standard InChI is InChI=1S/C11H13F3S/c1-9(15-11(12,13)14)7-8-10-5-3-2-4-6-10/h2-6,9H,7-8H2,1H3/t9-/m1/s1. The van der Waals surface area contributed by atoms with Gasteiger partial charge in [-0.3, -0.25) is 0 Å². The first-order valence-corrected chi connectivity index (χ1v) is 5.64. The highest BCUT2D eigenvalue weighted by Gasteiger charge is 2.30. The SMILES string of the molecule is C[C@H](CCc1ccccc1)SC(F)(F)F. The number of aryl methyl sites for hydroxylation is 1. The van der Waals surface area contributed by atoms with Crippen LogP contribution in [0.5, 0.6) is 0 Å². The van der Waals surface area contributed by atoms with Crippen LogP contribution in [0.1, 0.15) is 18.9 Å². The minimum Gasteiger partial charge on any atom is -0.160 e. The number of rotatable bonds is 4. The number of benzene rings is 1. The summed E-state index contributed by atoms with van der Waals surface area (Å²) in [6.07, 6.45) is 1.25. The highest BCUT2D eigenvalue weighted by molar-refractivity contribution is 8.00. The van der Waals surface area contributed by atoms with E-state index in [1.807, 2.05) is 30.3 Å². The lowest BCUT2D eigenvalue weighted by Gasteiger charge is -2.12. The van der Waals surface area contributed by atoms with E-state index in [-0.39, 0.29) is 17.0 Å². The molecule has 84 valence electrons. The van der Waals surface area contributed by atoms with Gasteiger partial charge in [0.15, 0.2) is 0 Å². The van der Waals surface area contributed by atoms with Crippen LogP contribution in [0.2, 0.25) is 0 Å². The monoisotopic (exact) mass is 234 g/mol. The molecular weight excluding hydrogens is 221 g/mol. The maximum absolute atomic E-state index is 12.0. The highest BCUT2D eigenvalue weighted by atomic mass is 32.2. The molecule has 0 aromatic heterocycles. The Kier molecular flexibility index (Phi) is 4.51. The maximum Gasteiger partial charge on any atom is 0.442 e. The Labute approximate surface area is 91.9 Å². The summed E-state index contributed by atoms with van der Waals surface area (Å²) in [7, 11) is 0. The molecule has 15 heavy (non-hydrogen) atoms. The van der Waals surface area contributed by atoms with Crippen LogP contribution in [0.25, 0.3) is 0 Å². The van der Waals surface area contributed by atoms with E-state index in [1.165, 1.54) is 0 Å². The van der Waals surface area contributed by atoms with E-state index in [9.17, 15) is 13.2 Å². The van der Waals surface area contributed by atoms with Crippen LogP contribution in [0.3, 0.4) is 0 Å². The third-order valence-corrected chi connectivity index (χ3v) is 2.92. The summed E-state index contributed by atoms with van der Waals surface area (Å²) < 4.78 is 36.0. The average Bonchev–Trinajstić information content (AvgIpc) is 2.14. The van der Waals surface area contributed by atoms with Crippen LogP contribution in [-0.2, 0) is 6.42 Å². The zero-order valence-electron chi connectivity index (χ0n) is 8.42. The molecule has 0 bridgehead atoms. The Morgan fingerprint density at radius 2 is 1.80 bits per heavy atom. The van der Waals surface area contributed by atoms with Crippen molar-refractivity contribution in [1.82, 2.24) is 0 Å². The van der Waals surface area contributed by atoms with Gasteiger partial charge in [0.05, 0.1) is 0 Å². The minimum absolute atomic E-state index is 0.0760. The van der Waals surface area contributed by atoms with E-state index in [1.54, 1.807) is 6.92 Å². The number of alkyl halides is 3. The summed E-state index contributed by atoms with van der Waals surface area (Å²) in [4.78, 5) is 0. The van der Waals surface area contributed by atoms with Crippen molar-refractivity contribution in [2.75, 3.05) is 0 Å². The van der Waals surface area contributed by atoms with Gasteiger partial charge in [0, 0.05) is 5.25 Å². The van der Waals surface area contributed by atoms with Gasteiger partial charge < -0.3 is 0 Å². The van der Waals surface area contributed by atoms with Gasteiger partial charge in [0.25, 0.3) is 0 Å². The van der Waals surface area contributed by atoms with Crippen molar-refractivity contribution < 1.29 is 13.2 Å². The molecule has 0 aliphatic carbocycles. The Morgan fingerprint density at radius 1 is 1.20 bits per heavy atom. The maximum atomic E-state index is 12.0. The molecule has 0 aliphatic rings. The summed E-state index contributed by atoms with van der Waals surface area (Å²) in [5.74, 6) is 0. The van der Waals surface area contributed by atoms with Crippen molar-refractivity contribution in [2.24, 2.45) is 0 Å². The molecule has 1 rings (SSSR count). The van der Waals surface area contributed by atoms with Gasteiger partial charge in [-0.1, -0.05) is 37.3 Å². The van der Waals surface area contributed by atoms with E-state index >= 15 is 0 Å². The summed E-state index contributed by atoms with van der Waals surface area (Å²) in [6, 6.07) is 9.57. The summed E-state index contributed by atoms with van der Waals surface area (Å²) >= 11 is 0.0760. The van der Waals surface area contributed by atoms with Crippen LogP contribution in [-0.4, -0.2) is 10.8 Å². The number of hydrogen-bond donors (Lipinski definition) is 0. The predicted octanol–water partition coefficient (Wildman–Crippen LogP) is 4.26. The summed E-state index contributed by atoms with van der Waals surface area (Å²) in [6.45, 7) is 1.61. The van der Waals surface area contributed by atoms with Crippen molar-refractivity contribution in [2.45, 2.75) is 30.5 Å². The molecule has 0 fully saturated rings. The van der Waals surface area contributed by atoms with E-state index in [0.29, 0.717) is 12.8 Å². The fraction of sp³-hybridized carbons (Fsp3) is 0.455. The second-order valence-corrected chi connectivity index (χ2v) is 4.90. The van der Waals surface area contributed by atoms with Crippen molar-refractivity contribution >= 4 is 11.8 Å². The fourth-order valence-corrected chi connectivity index (χ4v) is 1.99. The Bertz CT molecular complexity index is 282. The molecule has 4 heteroatoms. The number of thioether (sulfide) groups is 1. The van der Waals surface area contributed by atoms with Crippen LogP contribution >= 0.6 is 11.8 Å². The highest BCUT2D eigenvalue weighted by Crippen LogP contribution is 2.35. The van der Waals surface area contributed by atoms with Gasteiger partial charge in [-0.15, -0.1) is 0 Å².